The first kappa shape index (κ1) is 17.6. The Morgan fingerprint density at radius 1 is 1.35 bits per heavy atom. The number of imidazole rings is 1. The molecule has 1 aromatic carbocycles. The standard InChI is InChI=1S/C17H19N5O4/c1-26-6-5-12-19-15(18)14-16(20-12)22(17(25)21-14)9-11-4-2-3-10(7-11)8-13(23)24/h2-4,7H,5-6,8-9H2,1H3,(H,21,25)(H,23,24)(H2,18,19,20). The Bertz CT molecular complexity index is 1010. The number of aromatic amines is 1. The van der Waals surface area contributed by atoms with Crippen molar-refractivity contribution in [3.8, 4) is 0 Å². The predicted octanol–water partition coefficient (Wildman–Crippen LogP) is 0.566. The minimum atomic E-state index is -0.908. The van der Waals surface area contributed by atoms with E-state index in [1.165, 1.54) is 4.57 Å². The Labute approximate surface area is 148 Å². The van der Waals surface area contributed by atoms with Gasteiger partial charge in [-0.2, -0.15) is 0 Å². The van der Waals surface area contributed by atoms with Gasteiger partial charge in [-0.15, -0.1) is 0 Å². The van der Waals surface area contributed by atoms with Gasteiger partial charge in [0, 0.05) is 13.5 Å². The number of nitrogens with one attached hydrogen (secondary N) is 1. The Hall–Kier alpha value is -3.20. The average molecular weight is 357 g/mol. The molecule has 0 bridgehead atoms. The monoisotopic (exact) mass is 357 g/mol. The highest BCUT2D eigenvalue weighted by molar-refractivity contribution is 5.81. The van der Waals surface area contributed by atoms with Crippen LogP contribution in [0.25, 0.3) is 11.2 Å². The molecule has 2 heterocycles. The lowest BCUT2D eigenvalue weighted by molar-refractivity contribution is -0.136. The summed E-state index contributed by atoms with van der Waals surface area (Å²) in [5.74, 6) is -0.212. The number of hydrogen-bond donors (Lipinski definition) is 3. The minimum absolute atomic E-state index is 0.0765. The molecule has 9 nitrogen and oxygen atoms in total. The third-order valence-electron chi connectivity index (χ3n) is 3.91. The van der Waals surface area contributed by atoms with E-state index in [0.29, 0.717) is 35.6 Å². The minimum Gasteiger partial charge on any atom is -0.481 e. The number of nitrogen functional groups attached to an aromatic ring is 1. The number of anilines is 1. The summed E-state index contributed by atoms with van der Waals surface area (Å²) in [5, 5.41) is 8.93. The molecule has 4 N–H and O–H groups in total. The van der Waals surface area contributed by atoms with Crippen LogP contribution < -0.4 is 11.4 Å². The summed E-state index contributed by atoms with van der Waals surface area (Å²) in [7, 11) is 1.58. The SMILES string of the molecule is COCCc1nc(N)c2[nH]c(=O)n(Cc3cccc(CC(=O)O)c3)c2n1. The molecule has 0 atom stereocenters. The maximum Gasteiger partial charge on any atom is 0.328 e. The van der Waals surface area contributed by atoms with Crippen LogP contribution >= 0.6 is 0 Å². The molecule has 3 aromatic rings. The summed E-state index contributed by atoms with van der Waals surface area (Å²) in [6.45, 7) is 0.684. The van der Waals surface area contributed by atoms with Gasteiger partial charge in [-0.25, -0.2) is 14.8 Å². The van der Waals surface area contributed by atoms with Gasteiger partial charge >= 0.3 is 11.7 Å². The van der Waals surface area contributed by atoms with Crippen molar-refractivity contribution in [2.75, 3.05) is 19.5 Å². The van der Waals surface area contributed by atoms with Crippen molar-refractivity contribution in [2.45, 2.75) is 19.4 Å². The molecule has 0 saturated heterocycles. The van der Waals surface area contributed by atoms with Gasteiger partial charge in [-0.3, -0.25) is 9.36 Å². The van der Waals surface area contributed by atoms with Gasteiger partial charge in [0.1, 0.15) is 11.3 Å². The quantitative estimate of drug-likeness (QED) is 0.562. The molecule has 0 radical (unpaired) electrons. The van der Waals surface area contributed by atoms with Crippen LogP contribution in [0.2, 0.25) is 0 Å². The highest BCUT2D eigenvalue weighted by Gasteiger charge is 2.14. The lowest BCUT2D eigenvalue weighted by Gasteiger charge is -2.07. The first-order valence-electron chi connectivity index (χ1n) is 8.01. The fourth-order valence-electron chi connectivity index (χ4n) is 2.75. The van der Waals surface area contributed by atoms with E-state index in [1.54, 1.807) is 25.3 Å². The molecule has 0 saturated carbocycles. The number of H-pyrrole nitrogens is 1. The van der Waals surface area contributed by atoms with Crippen LogP contribution in [0.3, 0.4) is 0 Å². The number of nitrogens with two attached hydrogens (primary N) is 1. The number of hydrogen-bond acceptors (Lipinski definition) is 6. The van der Waals surface area contributed by atoms with E-state index < -0.39 is 5.97 Å². The number of fused-ring (bicyclic) bond motifs is 1. The fourth-order valence-corrected chi connectivity index (χ4v) is 2.75. The molecule has 0 unspecified atom stereocenters. The van der Waals surface area contributed by atoms with E-state index in [0.717, 1.165) is 5.56 Å². The fraction of sp³-hybridized carbons (Fsp3) is 0.294. The van der Waals surface area contributed by atoms with Gasteiger partial charge in [-0.05, 0) is 11.1 Å². The lowest BCUT2D eigenvalue weighted by atomic mass is 10.1. The molecule has 26 heavy (non-hydrogen) atoms. The third-order valence-corrected chi connectivity index (χ3v) is 3.91. The van der Waals surface area contributed by atoms with Crippen molar-refractivity contribution in [3.05, 3.63) is 51.7 Å². The highest BCUT2D eigenvalue weighted by atomic mass is 16.5. The first-order valence-corrected chi connectivity index (χ1v) is 8.01. The smallest absolute Gasteiger partial charge is 0.328 e. The largest absolute Gasteiger partial charge is 0.481 e. The Morgan fingerprint density at radius 3 is 2.85 bits per heavy atom. The number of methoxy groups -OCH3 is 1. The zero-order valence-electron chi connectivity index (χ0n) is 14.2. The first-order chi connectivity index (χ1) is 12.5. The second-order valence-electron chi connectivity index (χ2n) is 5.87. The molecular weight excluding hydrogens is 338 g/mol. The zero-order valence-corrected chi connectivity index (χ0v) is 14.2. The molecule has 0 fully saturated rings. The van der Waals surface area contributed by atoms with Crippen LogP contribution in [0, 0.1) is 0 Å². The average Bonchev–Trinajstić information content (AvgIpc) is 2.89. The molecule has 0 aliphatic rings. The van der Waals surface area contributed by atoms with Crippen molar-refractivity contribution >= 4 is 23.0 Å². The van der Waals surface area contributed by atoms with Gasteiger partial charge in [-0.1, -0.05) is 24.3 Å². The molecule has 2 aromatic heterocycles. The van der Waals surface area contributed by atoms with Crippen LogP contribution in [-0.4, -0.2) is 44.3 Å². The number of benzene rings is 1. The molecule has 0 aliphatic heterocycles. The van der Waals surface area contributed by atoms with Crippen molar-refractivity contribution in [3.63, 3.8) is 0 Å². The number of aromatic nitrogens is 4. The Morgan fingerprint density at radius 2 is 2.12 bits per heavy atom. The van der Waals surface area contributed by atoms with E-state index in [9.17, 15) is 9.59 Å². The van der Waals surface area contributed by atoms with Crippen LogP contribution in [0.5, 0.6) is 0 Å². The molecule has 0 aliphatic carbocycles. The number of carbonyl (C=O) groups is 1. The topological polar surface area (TPSA) is 136 Å². The number of aliphatic carboxylic acids is 1. The van der Waals surface area contributed by atoms with Gasteiger partial charge in [0.2, 0.25) is 0 Å². The summed E-state index contributed by atoms with van der Waals surface area (Å²) in [5.41, 5.74) is 7.85. The maximum atomic E-state index is 12.3. The summed E-state index contributed by atoms with van der Waals surface area (Å²) in [6.07, 6.45) is 0.400. The van der Waals surface area contributed by atoms with Crippen molar-refractivity contribution < 1.29 is 14.6 Å². The third kappa shape index (κ3) is 3.72. The van der Waals surface area contributed by atoms with E-state index >= 15 is 0 Å². The van der Waals surface area contributed by atoms with Crippen LogP contribution in [0.4, 0.5) is 5.82 Å². The van der Waals surface area contributed by atoms with Gasteiger partial charge in [0.05, 0.1) is 19.6 Å². The summed E-state index contributed by atoms with van der Waals surface area (Å²) >= 11 is 0. The summed E-state index contributed by atoms with van der Waals surface area (Å²) in [6, 6.07) is 7.09. The zero-order chi connectivity index (χ0) is 18.7. The van der Waals surface area contributed by atoms with E-state index in [4.69, 9.17) is 15.6 Å². The van der Waals surface area contributed by atoms with Gasteiger partial charge in [0.15, 0.2) is 11.5 Å². The highest BCUT2D eigenvalue weighted by Crippen LogP contribution is 2.16. The van der Waals surface area contributed by atoms with Crippen molar-refractivity contribution in [2.24, 2.45) is 0 Å². The number of carboxylic acid groups (broad SMARTS) is 1. The van der Waals surface area contributed by atoms with Crippen LogP contribution in [0.1, 0.15) is 17.0 Å². The summed E-state index contributed by atoms with van der Waals surface area (Å²) in [4.78, 5) is 34.5. The Balaban J connectivity index is 1.99. The van der Waals surface area contributed by atoms with Crippen molar-refractivity contribution in [1.29, 1.82) is 0 Å². The second kappa shape index (κ2) is 7.36. The maximum absolute atomic E-state index is 12.3. The lowest BCUT2D eigenvalue weighted by Crippen LogP contribution is -2.18. The predicted molar refractivity (Wildman–Crippen MR) is 95.0 cm³/mol. The molecule has 0 spiro atoms. The molecule has 0 amide bonds. The molecular formula is C17H19N5O4. The number of ether oxygens (including phenoxy) is 1. The van der Waals surface area contributed by atoms with E-state index in [1.807, 2.05) is 6.07 Å². The second-order valence-corrected chi connectivity index (χ2v) is 5.87. The van der Waals surface area contributed by atoms with Gasteiger partial charge < -0.3 is 20.6 Å². The van der Waals surface area contributed by atoms with E-state index in [2.05, 4.69) is 15.0 Å². The number of carboxylic acids is 1. The number of rotatable bonds is 7. The molecule has 3 rings (SSSR count). The molecule has 9 heteroatoms. The van der Waals surface area contributed by atoms with Gasteiger partial charge in [0.25, 0.3) is 0 Å². The number of nitrogens with zero attached hydrogens (tertiary/aromatic N) is 3. The van der Waals surface area contributed by atoms with Crippen LogP contribution in [0.15, 0.2) is 29.1 Å². The Kier molecular flexibility index (Phi) is 4.99. The van der Waals surface area contributed by atoms with Crippen molar-refractivity contribution in [1.82, 2.24) is 19.5 Å². The summed E-state index contributed by atoms with van der Waals surface area (Å²) < 4.78 is 6.49. The normalized spacial score (nSPS) is 11.1. The van der Waals surface area contributed by atoms with E-state index in [-0.39, 0.29) is 24.5 Å². The molecule has 136 valence electrons. The van der Waals surface area contributed by atoms with Crippen LogP contribution in [-0.2, 0) is 28.9 Å².